The summed E-state index contributed by atoms with van der Waals surface area (Å²) < 4.78 is 37.1. The molecule has 0 saturated heterocycles. The van der Waals surface area contributed by atoms with Crippen LogP contribution in [0.15, 0.2) is 42.6 Å². The molecule has 24 heavy (non-hydrogen) atoms. The highest BCUT2D eigenvalue weighted by Crippen LogP contribution is 2.27. The van der Waals surface area contributed by atoms with Crippen LogP contribution in [0.4, 0.5) is 18.9 Å². The summed E-state index contributed by atoms with van der Waals surface area (Å²) in [6.45, 7) is 0.0389. The number of amides is 2. The first-order valence-electron chi connectivity index (χ1n) is 6.63. The molecule has 2 rings (SSSR count). The summed E-state index contributed by atoms with van der Waals surface area (Å²) in [6.07, 6.45) is -3.75. The number of alkyl halides is 3. The number of nitrogens with zero attached hydrogens (tertiary/aromatic N) is 1. The summed E-state index contributed by atoms with van der Waals surface area (Å²) >= 11 is 5.92. The van der Waals surface area contributed by atoms with Gasteiger partial charge in [-0.25, -0.2) is 4.98 Å². The lowest BCUT2D eigenvalue weighted by molar-refractivity contribution is -0.141. The fraction of sp³-hybridized carbons (Fsp3) is 0.133. The Labute approximate surface area is 139 Å². The third kappa shape index (κ3) is 4.69. The van der Waals surface area contributed by atoms with Crippen LogP contribution in [0, 0.1) is 0 Å². The van der Waals surface area contributed by atoms with Gasteiger partial charge in [-0.3, -0.25) is 9.59 Å². The summed E-state index contributed by atoms with van der Waals surface area (Å²) in [5, 5.41) is 4.95. The number of carbonyl (C=O) groups is 2. The van der Waals surface area contributed by atoms with Crippen LogP contribution in [-0.2, 0) is 22.3 Å². The van der Waals surface area contributed by atoms with Crippen molar-refractivity contribution in [3.05, 3.63) is 58.9 Å². The average molecular weight is 358 g/mol. The molecule has 0 saturated carbocycles. The van der Waals surface area contributed by atoms with Gasteiger partial charge < -0.3 is 10.6 Å². The van der Waals surface area contributed by atoms with E-state index in [1.54, 1.807) is 24.3 Å². The van der Waals surface area contributed by atoms with Crippen molar-refractivity contribution >= 4 is 29.1 Å². The molecule has 0 bridgehead atoms. The minimum atomic E-state index is -4.57. The van der Waals surface area contributed by atoms with Crippen LogP contribution in [0.25, 0.3) is 0 Å². The Hall–Kier alpha value is -2.61. The average Bonchev–Trinajstić information content (AvgIpc) is 2.53. The molecule has 1 aromatic heterocycles. The molecule has 2 amide bonds. The molecule has 2 N–H and O–H groups in total. The first-order valence-corrected chi connectivity index (χ1v) is 7.01. The highest BCUT2D eigenvalue weighted by molar-refractivity contribution is 6.39. The summed E-state index contributed by atoms with van der Waals surface area (Å²) in [5.41, 5.74) is -0.499. The zero-order valence-corrected chi connectivity index (χ0v) is 12.8. The lowest BCUT2D eigenvalue weighted by atomic mass is 10.2. The van der Waals surface area contributed by atoms with Crippen molar-refractivity contribution in [2.75, 3.05) is 5.32 Å². The molecular weight excluding hydrogens is 347 g/mol. The van der Waals surface area contributed by atoms with E-state index in [-0.39, 0.29) is 12.2 Å². The third-order valence-electron chi connectivity index (χ3n) is 2.92. The predicted molar refractivity (Wildman–Crippen MR) is 81.2 cm³/mol. The Balaban J connectivity index is 1.92. The Kier molecular flexibility index (Phi) is 5.40. The zero-order chi connectivity index (χ0) is 17.7. The van der Waals surface area contributed by atoms with Crippen molar-refractivity contribution < 1.29 is 22.8 Å². The number of benzene rings is 1. The van der Waals surface area contributed by atoms with E-state index in [4.69, 9.17) is 11.6 Å². The molecule has 0 aliphatic carbocycles. The maximum absolute atomic E-state index is 12.4. The standard InChI is InChI=1S/C15H11ClF3N3O2/c16-11-4-2-1-3-9(11)7-21-13(23)14(24)22-10-5-6-12(20-8-10)15(17,18)19/h1-6,8H,7H2,(H,21,23)(H,22,24). The van der Waals surface area contributed by atoms with Gasteiger partial charge in [0.2, 0.25) is 0 Å². The van der Waals surface area contributed by atoms with Crippen LogP contribution < -0.4 is 10.6 Å². The fourth-order valence-electron chi connectivity index (χ4n) is 1.72. The normalized spacial score (nSPS) is 11.0. The topological polar surface area (TPSA) is 71.1 Å². The van der Waals surface area contributed by atoms with Crippen molar-refractivity contribution in [2.24, 2.45) is 0 Å². The van der Waals surface area contributed by atoms with Gasteiger partial charge in [-0.2, -0.15) is 13.2 Å². The van der Waals surface area contributed by atoms with E-state index in [0.29, 0.717) is 16.7 Å². The molecule has 2 aromatic rings. The van der Waals surface area contributed by atoms with E-state index >= 15 is 0 Å². The van der Waals surface area contributed by atoms with Gasteiger partial charge in [0.05, 0.1) is 11.9 Å². The predicted octanol–water partition coefficient (Wildman–Crippen LogP) is 3.01. The van der Waals surface area contributed by atoms with Gasteiger partial charge >= 0.3 is 18.0 Å². The van der Waals surface area contributed by atoms with Crippen LogP contribution in [0.5, 0.6) is 0 Å². The summed E-state index contributed by atoms with van der Waals surface area (Å²) in [6, 6.07) is 8.48. The van der Waals surface area contributed by atoms with Gasteiger partial charge in [-0.05, 0) is 23.8 Å². The van der Waals surface area contributed by atoms with Crippen LogP contribution in [0.3, 0.4) is 0 Å². The minimum absolute atomic E-state index is 0.0270. The molecule has 126 valence electrons. The van der Waals surface area contributed by atoms with E-state index in [0.717, 1.165) is 12.3 Å². The highest BCUT2D eigenvalue weighted by atomic mass is 35.5. The van der Waals surface area contributed by atoms with Crippen LogP contribution >= 0.6 is 11.6 Å². The second-order valence-corrected chi connectivity index (χ2v) is 5.07. The first kappa shape index (κ1) is 17.7. The maximum Gasteiger partial charge on any atom is 0.433 e. The number of anilines is 1. The van der Waals surface area contributed by atoms with Gasteiger partial charge in [-0.15, -0.1) is 0 Å². The summed E-state index contributed by atoms with van der Waals surface area (Å²) in [5.74, 6) is -1.97. The lowest BCUT2D eigenvalue weighted by Gasteiger charge is -2.09. The van der Waals surface area contributed by atoms with Gasteiger partial charge in [0.15, 0.2) is 0 Å². The molecule has 0 spiro atoms. The van der Waals surface area contributed by atoms with Gasteiger partial charge in [0.1, 0.15) is 5.69 Å². The minimum Gasteiger partial charge on any atom is -0.344 e. The van der Waals surface area contributed by atoms with Gasteiger partial charge in [0, 0.05) is 11.6 Å². The Morgan fingerprint density at radius 3 is 2.38 bits per heavy atom. The first-order chi connectivity index (χ1) is 11.3. The van der Waals surface area contributed by atoms with Crippen molar-refractivity contribution in [3.63, 3.8) is 0 Å². The largest absolute Gasteiger partial charge is 0.433 e. The Morgan fingerprint density at radius 2 is 1.79 bits per heavy atom. The van der Waals surface area contributed by atoms with Crippen molar-refractivity contribution in [3.8, 4) is 0 Å². The van der Waals surface area contributed by atoms with E-state index in [9.17, 15) is 22.8 Å². The molecule has 0 aliphatic heterocycles. The van der Waals surface area contributed by atoms with Crippen molar-refractivity contribution in [2.45, 2.75) is 12.7 Å². The second kappa shape index (κ2) is 7.31. The molecule has 0 atom stereocenters. The smallest absolute Gasteiger partial charge is 0.344 e. The van der Waals surface area contributed by atoms with E-state index in [1.165, 1.54) is 0 Å². The summed E-state index contributed by atoms with van der Waals surface area (Å²) in [7, 11) is 0. The number of hydrogen-bond donors (Lipinski definition) is 2. The van der Waals surface area contributed by atoms with E-state index < -0.39 is 23.7 Å². The number of halogens is 4. The monoisotopic (exact) mass is 357 g/mol. The maximum atomic E-state index is 12.4. The molecule has 0 fully saturated rings. The number of pyridine rings is 1. The van der Waals surface area contributed by atoms with Crippen LogP contribution in [-0.4, -0.2) is 16.8 Å². The number of carbonyl (C=O) groups excluding carboxylic acids is 2. The molecule has 9 heteroatoms. The van der Waals surface area contributed by atoms with Gasteiger partial charge in [-0.1, -0.05) is 29.8 Å². The Morgan fingerprint density at radius 1 is 1.08 bits per heavy atom. The molecule has 1 aromatic carbocycles. The van der Waals surface area contributed by atoms with Crippen LogP contribution in [0.1, 0.15) is 11.3 Å². The molecule has 0 unspecified atom stereocenters. The van der Waals surface area contributed by atoms with Crippen LogP contribution in [0.2, 0.25) is 5.02 Å². The molecule has 0 radical (unpaired) electrons. The number of hydrogen-bond acceptors (Lipinski definition) is 3. The van der Waals surface area contributed by atoms with Gasteiger partial charge in [0.25, 0.3) is 0 Å². The van der Waals surface area contributed by atoms with E-state index in [2.05, 4.69) is 15.6 Å². The highest BCUT2D eigenvalue weighted by Gasteiger charge is 2.32. The van der Waals surface area contributed by atoms with Crippen molar-refractivity contribution in [1.29, 1.82) is 0 Å². The van der Waals surface area contributed by atoms with E-state index in [1.807, 2.05) is 0 Å². The second-order valence-electron chi connectivity index (χ2n) is 4.66. The number of rotatable bonds is 3. The summed E-state index contributed by atoms with van der Waals surface area (Å²) in [4.78, 5) is 26.6. The zero-order valence-electron chi connectivity index (χ0n) is 12.0. The molecular formula is C15H11ClF3N3O2. The molecule has 5 nitrogen and oxygen atoms in total. The Bertz CT molecular complexity index is 748. The number of nitrogens with one attached hydrogen (secondary N) is 2. The van der Waals surface area contributed by atoms with Crippen molar-refractivity contribution in [1.82, 2.24) is 10.3 Å². The third-order valence-corrected chi connectivity index (χ3v) is 3.28. The quantitative estimate of drug-likeness (QED) is 0.829. The molecule has 0 aliphatic rings. The SMILES string of the molecule is O=C(NCc1ccccc1Cl)C(=O)Nc1ccc(C(F)(F)F)nc1. The number of aromatic nitrogens is 1. The fourth-order valence-corrected chi connectivity index (χ4v) is 1.92. The molecule has 1 heterocycles. The lowest BCUT2D eigenvalue weighted by Crippen LogP contribution is -2.35.